The minimum atomic E-state index is -0.140. The standard InChI is InChI=1S/C25H25N3O3S/c1-16-8-7-11-22(18(16)3)28-24(30)20-9-5-6-10-21(20)26-25(28)32-15-23(29)27(4)14-19-13-12-17(2)31-19/h5-13H,14-15H2,1-4H3. The molecule has 0 radical (unpaired) electrons. The molecular formula is C25H25N3O3S. The number of benzene rings is 2. The monoisotopic (exact) mass is 447 g/mol. The second-order valence-electron chi connectivity index (χ2n) is 7.82. The number of rotatable bonds is 6. The molecule has 2 aromatic carbocycles. The molecule has 32 heavy (non-hydrogen) atoms. The lowest BCUT2D eigenvalue weighted by molar-refractivity contribution is -0.127. The van der Waals surface area contributed by atoms with Crippen molar-refractivity contribution in [2.24, 2.45) is 0 Å². The molecular weight excluding hydrogens is 422 g/mol. The number of furan rings is 1. The fourth-order valence-electron chi connectivity index (χ4n) is 3.53. The molecule has 0 saturated carbocycles. The van der Waals surface area contributed by atoms with Crippen molar-refractivity contribution in [3.8, 4) is 5.69 Å². The molecule has 1 amide bonds. The molecule has 7 heteroatoms. The van der Waals surface area contributed by atoms with Crippen LogP contribution < -0.4 is 5.56 Å². The molecule has 0 aliphatic carbocycles. The van der Waals surface area contributed by atoms with E-state index >= 15 is 0 Å². The van der Waals surface area contributed by atoms with Crippen molar-refractivity contribution in [3.63, 3.8) is 0 Å². The number of aryl methyl sites for hydroxylation is 2. The van der Waals surface area contributed by atoms with Crippen LogP contribution in [0.1, 0.15) is 22.6 Å². The van der Waals surface area contributed by atoms with Crippen molar-refractivity contribution in [2.75, 3.05) is 12.8 Å². The molecule has 0 unspecified atom stereocenters. The van der Waals surface area contributed by atoms with Crippen LogP contribution in [-0.2, 0) is 11.3 Å². The number of aromatic nitrogens is 2. The van der Waals surface area contributed by atoms with Gasteiger partial charge >= 0.3 is 0 Å². The summed E-state index contributed by atoms with van der Waals surface area (Å²) in [5.74, 6) is 1.64. The van der Waals surface area contributed by atoms with Gasteiger partial charge in [-0.1, -0.05) is 36.0 Å². The highest BCUT2D eigenvalue weighted by Gasteiger charge is 2.18. The first-order valence-corrected chi connectivity index (χ1v) is 11.3. The van der Waals surface area contributed by atoms with Gasteiger partial charge < -0.3 is 9.32 Å². The summed E-state index contributed by atoms with van der Waals surface area (Å²) < 4.78 is 7.20. The molecule has 6 nitrogen and oxygen atoms in total. The largest absolute Gasteiger partial charge is 0.464 e. The first-order valence-electron chi connectivity index (χ1n) is 10.4. The number of amides is 1. The maximum atomic E-state index is 13.4. The van der Waals surface area contributed by atoms with Crippen LogP contribution in [0, 0.1) is 20.8 Å². The Morgan fingerprint density at radius 3 is 2.59 bits per heavy atom. The molecule has 0 atom stereocenters. The van der Waals surface area contributed by atoms with Gasteiger partial charge in [-0.15, -0.1) is 0 Å². The Bertz CT molecular complexity index is 1360. The number of carbonyl (C=O) groups excluding carboxylic acids is 1. The number of hydrogen-bond acceptors (Lipinski definition) is 5. The van der Waals surface area contributed by atoms with E-state index in [0.717, 1.165) is 28.3 Å². The molecule has 0 fully saturated rings. The highest BCUT2D eigenvalue weighted by Crippen LogP contribution is 2.25. The van der Waals surface area contributed by atoms with Crippen LogP contribution in [-0.4, -0.2) is 33.2 Å². The van der Waals surface area contributed by atoms with E-state index in [-0.39, 0.29) is 17.2 Å². The first-order chi connectivity index (χ1) is 15.3. The number of thioether (sulfide) groups is 1. The average Bonchev–Trinajstić information content (AvgIpc) is 3.19. The van der Waals surface area contributed by atoms with Crippen LogP contribution >= 0.6 is 11.8 Å². The van der Waals surface area contributed by atoms with Crippen LogP contribution in [0.3, 0.4) is 0 Å². The normalized spacial score (nSPS) is 11.1. The molecule has 2 aromatic heterocycles. The average molecular weight is 448 g/mol. The zero-order valence-electron chi connectivity index (χ0n) is 18.6. The minimum absolute atomic E-state index is 0.0704. The van der Waals surface area contributed by atoms with Gasteiger partial charge in [0.15, 0.2) is 5.16 Å². The Kier molecular flexibility index (Phi) is 6.19. The molecule has 0 aliphatic heterocycles. The maximum Gasteiger partial charge on any atom is 0.266 e. The van der Waals surface area contributed by atoms with Gasteiger partial charge in [0.05, 0.1) is 28.9 Å². The molecule has 4 rings (SSSR count). The van der Waals surface area contributed by atoms with E-state index in [1.807, 2.05) is 69.3 Å². The topological polar surface area (TPSA) is 68.3 Å². The van der Waals surface area contributed by atoms with Gasteiger partial charge in [-0.25, -0.2) is 4.98 Å². The molecule has 4 aromatic rings. The first kappa shape index (κ1) is 21.9. The Morgan fingerprint density at radius 2 is 1.84 bits per heavy atom. The number of para-hydroxylation sites is 1. The number of carbonyl (C=O) groups is 1. The summed E-state index contributed by atoms with van der Waals surface area (Å²) in [6.07, 6.45) is 0. The number of nitrogens with zero attached hydrogens (tertiary/aromatic N) is 3. The van der Waals surface area contributed by atoms with Crippen molar-refractivity contribution < 1.29 is 9.21 Å². The van der Waals surface area contributed by atoms with Crippen molar-refractivity contribution in [1.29, 1.82) is 0 Å². The van der Waals surface area contributed by atoms with Gasteiger partial charge in [0, 0.05) is 7.05 Å². The number of hydrogen-bond donors (Lipinski definition) is 0. The molecule has 0 spiro atoms. The Morgan fingerprint density at radius 1 is 1.06 bits per heavy atom. The predicted octanol–water partition coefficient (Wildman–Crippen LogP) is 4.65. The van der Waals surface area contributed by atoms with Gasteiger partial charge in [0.25, 0.3) is 5.56 Å². The fourth-order valence-corrected chi connectivity index (χ4v) is 4.47. The molecule has 164 valence electrons. The van der Waals surface area contributed by atoms with E-state index in [4.69, 9.17) is 9.40 Å². The smallest absolute Gasteiger partial charge is 0.266 e. The summed E-state index contributed by atoms with van der Waals surface area (Å²) in [7, 11) is 1.74. The Balaban J connectivity index is 1.67. The van der Waals surface area contributed by atoms with Gasteiger partial charge in [0.1, 0.15) is 11.5 Å². The van der Waals surface area contributed by atoms with Crippen molar-refractivity contribution in [3.05, 3.63) is 87.6 Å². The second-order valence-corrected chi connectivity index (χ2v) is 8.76. The van der Waals surface area contributed by atoms with E-state index in [1.54, 1.807) is 22.6 Å². The third kappa shape index (κ3) is 4.34. The maximum absolute atomic E-state index is 13.4. The van der Waals surface area contributed by atoms with Crippen LogP contribution in [0.4, 0.5) is 0 Å². The summed E-state index contributed by atoms with van der Waals surface area (Å²) in [6, 6.07) is 16.9. The van der Waals surface area contributed by atoms with Gasteiger partial charge in [-0.05, 0) is 62.2 Å². The van der Waals surface area contributed by atoms with Crippen LogP contribution in [0.25, 0.3) is 16.6 Å². The highest BCUT2D eigenvalue weighted by molar-refractivity contribution is 7.99. The summed E-state index contributed by atoms with van der Waals surface area (Å²) >= 11 is 1.27. The fraction of sp³-hybridized carbons (Fsp3) is 0.240. The second kappa shape index (κ2) is 9.04. The third-order valence-electron chi connectivity index (χ3n) is 5.50. The van der Waals surface area contributed by atoms with E-state index in [9.17, 15) is 9.59 Å². The van der Waals surface area contributed by atoms with Crippen molar-refractivity contribution in [1.82, 2.24) is 14.5 Å². The zero-order valence-corrected chi connectivity index (χ0v) is 19.4. The van der Waals surface area contributed by atoms with Crippen molar-refractivity contribution in [2.45, 2.75) is 32.5 Å². The lowest BCUT2D eigenvalue weighted by atomic mass is 10.1. The molecule has 0 bridgehead atoms. The summed E-state index contributed by atoms with van der Waals surface area (Å²) in [6.45, 7) is 6.27. The van der Waals surface area contributed by atoms with Crippen LogP contribution in [0.5, 0.6) is 0 Å². The predicted molar refractivity (Wildman–Crippen MR) is 127 cm³/mol. The molecule has 2 heterocycles. The minimum Gasteiger partial charge on any atom is -0.464 e. The number of fused-ring (bicyclic) bond motifs is 1. The van der Waals surface area contributed by atoms with Crippen molar-refractivity contribution >= 4 is 28.6 Å². The lowest BCUT2D eigenvalue weighted by Gasteiger charge is -2.18. The third-order valence-corrected chi connectivity index (χ3v) is 6.42. The van der Waals surface area contributed by atoms with E-state index in [1.165, 1.54) is 11.8 Å². The van der Waals surface area contributed by atoms with Gasteiger partial charge in [-0.2, -0.15) is 0 Å². The van der Waals surface area contributed by atoms with E-state index < -0.39 is 0 Å². The van der Waals surface area contributed by atoms with E-state index in [2.05, 4.69) is 0 Å². The summed E-state index contributed by atoms with van der Waals surface area (Å²) in [4.78, 5) is 32.6. The SMILES string of the molecule is Cc1ccc(CN(C)C(=O)CSc2nc3ccccc3c(=O)n2-c2cccc(C)c2C)o1. The van der Waals surface area contributed by atoms with Gasteiger partial charge in [-0.3, -0.25) is 14.2 Å². The lowest BCUT2D eigenvalue weighted by Crippen LogP contribution is -2.28. The van der Waals surface area contributed by atoms with E-state index in [0.29, 0.717) is 22.6 Å². The Hall–Kier alpha value is -3.32. The molecule has 0 aliphatic rings. The molecule has 0 N–H and O–H groups in total. The highest BCUT2D eigenvalue weighted by atomic mass is 32.2. The summed E-state index contributed by atoms with van der Waals surface area (Å²) in [5, 5.41) is 1.05. The quantitative estimate of drug-likeness (QED) is 0.318. The Labute approximate surface area is 190 Å². The molecule has 0 saturated heterocycles. The van der Waals surface area contributed by atoms with Gasteiger partial charge in [0.2, 0.25) is 5.91 Å². The van der Waals surface area contributed by atoms with Crippen LogP contribution in [0.2, 0.25) is 0 Å². The zero-order chi connectivity index (χ0) is 22.8. The summed E-state index contributed by atoms with van der Waals surface area (Å²) in [5.41, 5.74) is 3.35. The van der Waals surface area contributed by atoms with Crippen LogP contribution in [0.15, 0.2) is 69.0 Å².